The maximum absolute atomic E-state index is 13.1. The van der Waals surface area contributed by atoms with Crippen molar-refractivity contribution in [1.82, 2.24) is 0 Å². The van der Waals surface area contributed by atoms with Gasteiger partial charge in [0.05, 0.1) is 10.6 Å². The molecule has 1 unspecified atom stereocenters. The minimum atomic E-state index is 0.187. The fourth-order valence-corrected chi connectivity index (χ4v) is 5.63. The number of rotatable bonds is 1. The molecule has 1 aliphatic carbocycles. The van der Waals surface area contributed by atoms with Gasteiger partial charge in [0.25, 0.3) is 5.91 Å². The van der Waals surface area contributed by atoms with Gasteiger partial charge in [-0.3, -0.25) is 4.79 Å². The topological polar surface area (TPSA) is 20.3 Å². The molecule has 0 spiro atoms. The van der Waals surface area contributed by atoms with Crippen LogP contribution in [0.2, 0.25) is 0 Å². The number of amides is 1. The zero-order valence-corrected chi connectivity index (χ0v) is 15.0. The van der Waals surface area contributed by atoms with Gasteiger partial charge in [-0.05, 0) is 61.1 Å². The zero-order chi connectivity index (χ0) is 15.8. The van der Waals surface area contributed by atoms with E-state index < -0.39 is 0 Å². The number of hydrogen-bond donors (Lipinski definition) is 0. The number of fused-ring (bicyclic) bond motifs is 2. The number of para-hydroxylation sites is 1. The number of nitrogens with zero attached hydrogens (tertiary/aromatic N) is 1. The SMILES string of the molecule is CC1CCc2sc(C(=O)N3CCCSc4ccccc43)cc2C1. The highest BCUT2D eigenvalue weighted by Gasteiger charge is 2.26. The summed E-state index contributed by atoms with van der Waals surface area (Å²) >= 11 is 3.59. The van der Waals surface area contributed by atoms with Crippen molar-refractivity contribution in [3.05, 3.63) is 45.6 Å². The number of benzene rings is 1. The highest BCUT2D eigenvalue weighted by Crippen LogP contribution is 2.37. The van der Waals surface area contributed by atoms with Gasteiger partial charge < -0.3 is 4.90 Å². The van der Waals surface area contributed by atoms with Crippen LogP contribution in [0, 0.1) is 5.92 Å². The van der Waals surface area contributed by atoms with Crippen LogP contribution in [-0.4, -0.2) is 18.2 Å². The van der Waals surface area contributed by atoms with Gasteiger partial charge in [0.1, 0.15) is 0 Å². The summed E-state index contributed by atoms with van der Waals surface area (Å²) in [5.74, 6) is 2.02. The van der Waals surface area contributed by atoms with E-state index in [9.17, 15) is 4.79 Å². The van der Waals surface area contributed by atoms with Crippen molar-refractivity contribution >= 4 is 34.7 Å². The van der Waals surface area contributed by atoms with Crippen molar-refractivity contribution < 1.29 is 4.79 Å². The summed E-state index contributed by atoms with van der Waals surface area (Å²) in [4.78, 5) is 18.7. The van der Waals surface area contributed by atoms with Gasteiger partial charge in [-0.15, -0.1) is 23.1 Å². The van der Waals surface area contributed by atoms with Crippen molar-refractivity contribution in [2.75, 3.05) is 17.2 Å². The summed E-state index contributed by atoms with van der Waals surface area (Å²) in [6, 6.07) is 10.5. The van der Waals surface area contributed by atoms with E-state index in [1.54, 1.807) is 11.3 Å². The van der Waals surface area contributed by atoms with E-state index in [0.29, 0.717) is 0 Å². The smallest absolute Gasteiger partial charge is 0.268 e. The normalized spacial score (nSPS) is 20.6. The molecule has 0 N–H and O–H groups in total. The van der Waals surface area contributed by atoms with Gasteiger partial charge >= 0.3 is 0 Å². The minimum Gasteiger partial charge on any atom is -0.307 e. The predicted molar refractivity (Wildman–Crippen MR) is 99.0 cm³/mol. The Morgan fingerprint density at radius 1 is 1.30 bits per heavy atom. The highest BCUT2D eigenvalue weighted by atomic mass is 32.2. The molecule has 1 amide bonds. The molecule has 2 aromatic rings. The maximum atomic E-state index is 13.1. The Balaban J connectivity index is 1.67. The Labute approximate surface area is 145 Å². The number of carbonyl (C=O) groups excluding carboxylic acids is 1. The summed E-state index contributed by atoms with van der Waals surface area (Å²) in [6.07, 6.45) is 4.57. The van der Waals surface area contributed by atoms with Crippen LogP contribution >= 0.6 is 23.1 Å². The van der Waals surface area contributed by atoms with Crippen molar-refractivity contribution in [2.45, 2.75) is 37.5 Å². The van der Waals surface area contributed by atoms with Crippen LogP contribution < -0.4 is 4.90 Å². The third-order valence-corrected chi connectivity index (χ3v) is 7.10. The molecule has 0 saturated carbocycles. The van der Waals surface area contributed by atoms with Crippen molar-refractivity contribution in [2.24, 2.45) is 5.92 Å². The third-order valence-electron chi connectivity index (χ3n) is 4.72. The first-order valence-corrected chi connectivity index (χ1v) is 10.2. The van der Waals surface area contributed by atoms with Crippen LogP contribution in [0.4, 0.5) is 5.69 Å². The Morgan fingerprint density at radius 2 is 2.17 bits per heavy atom. The fraction of sp³-hybridized carbons (Fsp3) is 0.421. The van der Waals surface area contributed by atoms with Gasteiger partial charge in [0, 0.05) is 16.3 Å². The number of carbonyl (C=O) groups is 1. The Kier molecular flexibility index (Phi) is 4.20. The molecule has 23 heavy (non-hydrogen) atoms. The van der Waals surface area contributed by atoms with E-state index in [0.717, 1.165) is 48.0 Å². The van der Waals surface area contributed by atoms with Gasteiger partial charge in [-0.2, -0.15) is 0 Å². The molecule has 4 heteroatoms. The molecule has 2 heterocycles. The van der Waals surface area contributed by atoms with E-state index in [4.69, 9.17) is 0 Å². The lowest BCUT2D eigenvalue weighted by Crippen LogP contribution is -2.31. The van der Waals surface area contributed by atoms with Crippen LogP contribution in [0.1, 0.15) is 39.9 Å². The maximum Gasteiger partial charge on any atom is 0.268 e. The molecule has 0 bridgehead atoms. The van der Waals surface area contributed by atoms with Gasteiger partial charge in [0.15, 0.2) is 0 Å². The summed E-state index contributed by atoms with van der Waals surface area (Å²) in [5.41, 5.74) is 2.49. The zero-order valence-electron chi connectivity index (χ0n) is 13.4. The van der Waals surface area contributed by atoms with E-state index in [2.05, 4.69) is 31.2 Å². The van der Waals surface area contributed by atoms with Crippen LogP contribution in [0.15, 0.2) is 35.2 Å². The van der Waals surface area contributed by atoms with E-state index >= 15 is 0 Å². The van der Waals surface area contributed by atoms with E-state index in [-0.39, 0.29) is 5.91 Å². The number of thiophene rings is 1. The molecule has 1 aromatic heterocycles. The standard InChI is InChI=1S/C19H21NOS2/c1-13-7-8-16-14(11-13)12-18(23-16)19(21)20-9-4-10-22-17-6-3-2-5-15(17)20/h2-3,5-6,12-13H,4,7-11H2,1H3. The number of anilines is 1. The Hall–Kier alpha value is -1.26. The van der Waals surface area contributed by atoms with E-state index in [1.807, 2.05) is 22.7 Å². The molecular formula is C19H21NOS2. The van der Waals surface area contributed by atoms with Crippen LogP contribution in [0.5, 0.6) is 0 Å². The number of hydrogen-bond acceptors (Lipinski definition) is 3. The number of aryl methyl sites for hydroxylation is 1. The summed E-state index contributed by atoms with van der Waals surface area (Å²) in [5, 5.41) is 0. The van der Waals surface area contributed by atoms with Gasteiger partial charge in [-0.25, -0.2) is 0 Å². The molecule has 1 aromatic carbocycles. The second-order valence-electron chi connectivity index (χ2n) is 6.53. The average molecular weight is 344 g/mol. The lowest BCUT2D eigenvalue weighted by molar-refractivity contribution is 0.0990. The molecule has 0 saturated heterocycles. The Bertz CT molecular complexity index is 737. The van der Waals surface area contributed by atoms with Crippen molar-refractivity contribution in [3.63, 3.8) is 0 Å². The molecule has 2 aliphatic rings. The summed E-state index contributed by atoms with van der Waals surface area (Å²) in [6.45, 7) is 3.13. The minimum absolute atomic E-state index is 0.187. The quantitative estimate of drug-likeness (QED) is 0.725. The molecule has 120 valence electrons. The van der Waals surface area contributed by atoms with Crippen LogP contribution in [0.3, 0.4) is 0 Å². The molecule has 2 nitrogen and oxygen atoms in total. The third kappa shape index (κ3) is 2.94. The average Bonchev–Trinajstić information content (AvgIpc) is 2.86. The lowest BCUT2D eigenvalue weighted by atomic mass is 9.90. The predicted octanol–water partition coefficient (Wildman–Crippen LogP) is 5.02. The van der Waals surface area contributed by atoms with E-state index in [1.165, 1.54) is 21.8 Å². The largest absolute Gasteiger partial charge is 0.307 e. The molecule has 1 atom stereocenters. The monoisotopic (exact) mass is 343 g/mol. The first-order valence-electron chi connectivity index (χ1n) is 8.37. The summed E-state index contributed by atoms with van der Waals surface area (Å²) in [7, 11) is 0. The van der Waals surface area contributed by atoms with Gasteiger partial charge in [0.2, 0.25) is 0 Å². The van der Waals surface area contributed by atoms with Crippen LogP contribution in [-0.2, 0) is 12.8 Å². The molecule has 1 aliphatic heterocycles. The van der Waals surface area contributed by atoms with Crippen molar-refractivity contribution in [3.8, 4) is 0 Å². The first kappa shape index (κ1) is 15.3. The number of thioether (sulfide) groups is 1. The van der Waals surface area contributed by atoms with Crippen LogP contribution in [0.25, 0.3) is 0 Å². The Morgan fingerprint density at radius 3 is 3.09 bits per heavy atom. The molecule has 4 rings (SSSR count). The highest BCUT2D eigenvalue weighted by molar-refractivity contribution is 7.99. The summed E-state index contributed by atoms with van der Waals surface area (Å²) < 4.78 is 0. The first-order chi connectivity index (χ1) is 11.2. The van der Waals surface area contributed by atoms with Gasteiger partial charge in [-0.1, -0.05) is 19.1 Å². The molecule has 0 fully saturated rings. The second-order valence-corrected chi connectivity index (χ2v) is 8.81. The molecular weight excluding hydrogens is 322 g/mol. The van der Waals surface area contributed by atoms with Crippen molar-refractivity contribution in [1.29, 1.82) is 0 Å². The lowest BCUT2D eigenvalue weighted by Gasteiger charge is -2.21. The fourth-order valence-electron chi connectivity index (χ4n) is 3.48. The second kappa shape index (κ2) is 6.33. The molecule has 0 radical (unpaired) electrons.